The Balaban J connectivity index is 2.62. The minimum atomic E-state index is -0.741. The zero-order valence-electron chi connectivity index (χ0n) is 11.3. The highest BCUT2D eigenvalue weighted by Gasteiger charge is 2.15. The van der Waals surface area contributed by atoms with Crippen LogP contribution in [-0.2, 0) is 10.8 Å². The van der Waals surface area contributed by atoms with Crippen molar-refractivity contribution < 1.29 is 9.32 Å². The van der Waals surface area contributed by atoms with Crippen molar-refractivity contribution in [2.45, 2.75) is 38.8 Å². The fraction of sp³-hybridized carbons (Fsp3) is 0.571. The van der Waals surface area contributed by atoms with Crippen LogP contribution in [0.15, 0.2) is 24.3 Å². The lowest BCUT2D eigenvalue weighted by Gasteiger charge is -2.23. The molecule has 1 aromatic carbocycles. The van der Waals surface area contributed by atoms with Crippen LogP contribution in [0.5, 0.6) is 5.75 Å². The fourth-order valence-electron chi connectivity index (χ4n) is 1.98. The summed E-state index contributed by atoms with van der Waals surface area (Å²) in [7, 11) is -0.741. The molecule has 3 unspecified atom stereocenters. The highest BCUT2D eigenvalue weighted by Crippen LogP contribution is 2.26. The molecule has 3 nitrogen and oxygen atoms in total. The van der Waals surface area contributed by atoms with Crippen LogP contribution in [0.25, 0.3) is 0 Å². The summed E-state index contributed by atoms with van der Waals surface area (Å²) in [5, 5.41) is 13.3. The molecule has 0 saturated heterocycles. The number of hydrogen-bond donors (Lipinski definition) is 2. The second-order valence-corrected chi connectivity index (χ2v) is 6.21. The van der Waals surface area contributed by atoms with Gasteiger partial charge in [-0.15, -0.1) is 0 Å². The van der Waals surface area contributed by atoms with Crippen LogP contribution >= 0.6 is 0 Å². The van der Waals surface area contributed by atoms with Crippen LogP contribution < -0.4 is 5.32 Å². The average molecular weight is 269 g/mol. The lowest BCUT2D eigenvalue weighted by molar-refractivity contribution is 0.410. The van der Waals surface area contributed by atoms with Gasteiger partial charge in [-0.3, -0.25) is 4.21 Å². The predicted molar refractivity (Wildman–Crippen MR) is 77.3 cm³/mol. The minimum Gasteiger partial charge on any atom is -0.508 e. The molecule has 0 amide bonds. The first kappa shape index (κ1) is 15.2. The van der Waals surface area contributed by atoms with E-state index in [2.05, 4.69) is 19.2 Å². The van der Waals surface area contributed by atoms with Crippen molar-refractivity contribution in [3.63, 3.8) is 0 Å². The third-order valence-electron chi connectivity index (χ3n) is 3.04. The van der Waals surface area contributed by atoms with E-state index < -0.39 is 10.8 Å². The average Bonchev–Trinajstić information content (AvgIpc) is 2.34. The van der Waals surface area contributed by atoms with Gasteiger partial charge in [0.05, 0.1) is 0 Å². The molecule has 2 N–H and O–H groups in total. The van der Waals surface area contributed by atoms with Crippen LogP contribution in [0.2, 0.25) is 0 Å². The van der Waals surface area contributed by atoms with Gasteiger partial charge in [0, 0.05) is 40.5 Å². The van der Waals surface area contributed by atoms with Crippen molar-refractivity contribution in [3.05, 3.63) is 29.8 Å². The van der Waals surface area contributed by atoms with Crippen molar-refractivity contribution in [3.8, 4) is 5.75 Å². The van der Waals surface area contributed by atoms with Crippen molar-refractivity contribution in [1.82, 2.24) is 5.32 Å². The van der Waals surface area contributed by atoms with E-state index in [1.165, 1.54) is 0 Å². The summed E-state index contributed by atoms with van der Waals surface area (Å²) in [6.45, 7) is 4.18. The summed E-state index contributed by atoms with van der Waals surface area (Å²) in [6, 6.07) is 7.86. The van der Waals surface area contributed by atoms with Gasteiger partial charge in [-0.05, 0) is 25.8 Å². The Morgan fingerprint density at radius 3 is 2.61 bits per heavy atom. The Labute approximate surface area is 112 Å². The van der Waals surface area contributed by atoms with E-state index in [-0.39, 0.29) is 6.04 Å². The normalized spacial score (nSPS) is 16.2. The highest BCUT2D eigenvalue weighted by atomic mass is 32.2. The van der Waals surface area contributed by atoms with Gasteiger partial charge in [-0.25, -0.2) is 0 Å². The Hall–Kier alpha value is -0.870. The molecule has 102 valence electrons. The van der Waals surface area contributed by atoms with Gasteiger partial charge in [0.1, 0.15) is 5.75 Å². The van der Waals surface area contributed by atoms with Crippen LogP contribution in [0.4, 0.5) is 0 Å². The molecule has 18 heavy (non-hydrogen) atoms. The largest absolute Gasteiger partial charge is 0.508 e. The molecule has 1 aromatic rings. The number of para-hydroxylation sites is 1. The molecule has 0 fully saturated rings. The number of hydrogen-bond acceptors (Lipinski definition) is 3. The molecule has 0 spiro atoms. The van der Waals surface area contributed by atoms with Gasteiger partial charge < -0.3 is 10.4 Å². The molecule has 3 atom stereocenters. The Kier molecular flexibility index (Phi) is 6.36. The number of aromatic hydroxyl groups is 1. The van der Waals surface area contributed by atoms with Crippen molar-refractivity contribution in [2.75, 3.05) is 12.0 Å². The Bertz CT molecular complexity index is 395. The van der Waals surface area contributed by atoms with E-state index in [9.17, 15) is 9.32 Å². The second-order valence-electron chi connectivity index (χ2n) is 4.65. The van der Waals surface area contributed by atoms with Crippen molar-refractivity contribution in [2.24, 2.45) is 0 Å². The maximum atomic E-state index is 11.1. The Morgan fingerprint density at radius 1 is 1.39 bits per heavy atom. The molecule has 0 aliphatic heterocycles. The van der Waals surface area contributed by atoms with Crippen LogP contribution in [0.3, 0.4) is 0 Å². The monoisotopic (exact) mass is 269 g/mol. The first-order chi connectivity index (χ1) is 8.54. The Morgan fingerprint density at radius 2 is 2.06 bits per heavy atom. The first-order valence-electron chi connectivity index (χ1n) is 6.38. The van der Waals surface area contributed by atoms with Gasteiger partial charge in [0.25, 0.3) is 0 Å². The number of phenols is 1. The van der Waals surface area contributed by atoms with E-state index in [0.29, 0.717) is 17.5 Å². The number of benzene rings is 1. The molecular formula is C14H23NO2S. The summed E-state index contributed by atoms with van der Waals surface area (Å²) >= 11 is 0. The lowest BCUT2D eigenvalue weighted by atomic mass is 10.0. The molecule has 4 heteroatoms. The fourth-order valence-corrected chi connectivity index (χ4v) is 2.66. The standard InChI is InChI=1S/C14H23NO2S/c1-4-13(12-7-5-6-8-14(12)16)15-11(2)9-10-18(3)17/h5-8,11,13,15-16H,4,9-10H2,1-3H3. The highest BCUT2D eigenvalue weighted by molar-refractivity contribution is 7.84. The van der Waals surface area contributed by atoms with Gasteiger partial charge in [-0.1, -0.05) is 25.1 Å². The van der Waals surface area contributed by atoms with Gasteiger partial charge in [0.2, 0.25) is 0 Å². The summed E-state index contributed by atoms with van der Waals surface area (Å²) in [4.78, 5) is 0. The van der Waals surface area contributed by atoms with Crippen molar-refractivity contribution in [1.29, 1.82) is 0 Å². The van der Waals surface area contributed by atoms with E-state index >= 15 is 0 Å². The van der Waals surface area contributed by atoms with Crippen molar-refractivity contribution >= 4 is 10.8 Å². The molecule has 0 aliphatic carbocycles. The SMILES string of the molecule is CCC(NC(C)CCS(C)=O)c1ccccc1O. The second kappa shape index (κ2) is 7.54. The van der Waals surface area contributed by atoms with Crippen LogP contribution in [0, 0.1) is 0 Å². The van der Waals surface area contributed by atoms with E-state index in [0.717, 1.165) is 18.4 Å². The van der Waals surface area contributed by atoms with E-state index in [1.807, 2.05) is 18.2 Å². The molecule has 0 radical (unpaired) electrons. The molecule has 0 aliphatic rings. The molecule has 0 heterocycles. The summed E-state index contributed by atoms with van der Waals surface area (Å²) < 4.78 is 11.1. The quantitative estimate of drug-likeness (QED) is 0.800. The van der Waals surface area contributed by atoms with Gasteiger partial charge in [-0.2, -0.15) is 0 Å². The molecule has 1 rings (SSSR count). The molecule has 0 aromatic heterocycles. The zero-order valence-corrected chi connectivity index (χ0v) is 12.2. The topological polar surface area (TPSA) is 49.3 Å². The predicted octanol–water partition coefficient (Wildman–Crippen LogP) is 2.59. The zero-order chi connectivity index (χ0) is 13.5. The maximum Gasteiger partial charge on any atom is 0.120 e. The lowest BCUT2D eigenvalue weighted by Crippen LogP contribution is -2.31. The van der Waals surface area contributed by atoms with E-state index in [4.69, 9.17) is 0 Å². The maximum absolute atomic E-state index is 11.1. The first-order valence-corrected chi connectivity index (χ1v) is 8.11. The number of nitrogens with one attached hydrogen (secondary N) is 1. The third-order valence-corrected chi connectivity index (χ3v) is 3.86. The summed E-state index contributed by atoms with van der Waals surface area (Å²) in [5.74, 6) is 1.05. The molecular weight excluding hydrogens is 246 g/mol. The summed E-state index contributed by atoms with van der Waals surface area (Å²) in [6.07, 6.45) is 3.53. The number of phenolic OH excluding ortho intramolecular Hbond substituents is 1. The molecule has 0 bridgehead atoms. The summed E-state index contributed by atoms with van der Waals surface area (Å²) in [5.41, 5.74) is 0.935. The van der Waals surface area contributed by atoms with Gasteiger partial charge >= 0.3 is 0 Å². The third kappa shape index (κ3) is 4.78. The molecule has 0 saturated carbocycles. The number of rotatable bonds is 7. The van der Waals surface area contributed by atoms with E-state index in [1.54, 1.807) is 12.3 Å². The van der Waals surface area contributed by atoms with Gasteiger partial charge in [0.15, 0.2) is 0 Å². The smallest absolute Gasteiger partial charge is 0.120 e. The van der Waals surface area contributed by atoms with Crippen LogP contribution in [-0.4, -0.2) is 27.4 Å². The van der Waals surface area contributed by atoms with Crippen LogP contribution in [0.1, 0.15) is 38.3 Å². The minimum absolute atomic E-state index is 0.145.